The zero-order valence-electron chi connectivity index (χ0n) is 12.8. The third-order valence-corrected chi connectivity index (χ3v) is 3.12. The van der Waals surface area contributed by atoms with E-state index in [1.807, 2.05) is 0 Å². The van der Waals surface area contributed by atoms with Crippen LogP contribution in [-0.2, 0) is 4.79 Å². The summed E-state index contributed by atoms with van der Waals surface area (Å²) in [4.78, 5) is 10.3. The summed E-state index contributed by atoms with van der Waals surface area (Å²) in [5.41, 5.74) is -0.00840. The number of carboxylic acid groups (broad SMARTS) is 1. The van der Waals surface area contributed by atoms with Gasteiger partial charge >= 0.3 is 0 Å². The lowest BCUT2D eigenvalue weighted by Crippen LogP contribution is -2.32. The SMILES string of the molecule is C=C(NCCCCCCCCCCCC)C(=O)[O-].[NH4+]. The second-order valence-electron chi connectivity index (χ2n) is 4.87. The Balaban J connectivity index is 0. The van der Waals surface area contributed by atoms with Crippen molar-refractivity contribution >= 4 is 5.97 Å². The van der Waals surface area contributed by atoms with Crippen LogP contribution in [0.1, 0.15) is 71.1 Å². The normalized spacial score (nSPS) is 9.74. The van der Waals surface area contributed by atoms with Gasteiger partial charge in [0.05, 0.1) is 5.97 Å². The van der Waals surface area contributed by atoms with Gasteiger partial charge in [0.2, 0.25) is 0 Å². The molecule has 0 heterocycles. The summed E-state index contributed by atoms with van der Waals surface area (Å²) in [6, 6.07) is 0. The molecule has 0 amide bonds. The van der Waals surface area contributed by atoms with Crippen LogP contribution in [0.15, 0.2) is 12.3 Å². The van der Waals surface area contributed by atoms with Crippen molar-refractivity contribution in [2.24, 2.45) is 0 Å². The second-order valence-corrected chi connectivity index (χ2v) is 4.87. The number of nitrogens with one attached hydrogen (secondary N) is 1. The first-order valence-electron chi connectivity index (χ1n) is 7.32. The molecule has 0 rings (SSSR count). The summed E-state index contributed by atoms with van der Waals surface area (Å²) in [7, 11) is 0. The molecular weight excluding hydrogens is 240 g/mol. The van der Waals surface area contributed by atoms with Crippen LogP contribution >= 0.6 is 0 Å². The van der Waals surface area contributed by atoms with Gasteiger partial charge in [-0.3, -0.25) is 0 Å². The molecule has 0 unspecified atom stereocenters. The lowest BCUT2D eigenvalue weighted by Gasteiger charge is -2.09. The van der Waals surface area contributed by atoms with Crippen molar-refractivity contribution in [1.29, 1.82) is 0 Å². The van der Waals surface area contributed by atoms with E-state index in [0.29, 0.717) is 6.54 Å². The summed E-state index contributed by atoms with van der Waals surface area (Å²) in [5, 5.41) is 13.1. The summed E-state index contributed by atoms with van der Waals surface area (Å²) < 4.78 is 0. The fourth-order valence-corrected chi connectivity index (χ4v) is 1.92. The number of quaternary nitrogens is 1. The van der Waals surface area contributed by atoms with Crippen molar-refractivity contribution in [3.8, 4) is 0 Å². The molecule has 0 atom stereocenters. The second kappa shape index (κ2) is 15.0. The molecule has 0 aliphatic carbocycles. The number of hydrogen-bond donors (Lipinski definition) is 2. The van der Waals surface area contributed by atoms with Gasteiger partial charge in [0, 0.05) is 12.2 Å². The smallest absolute Gasteiger partial charge is 0.0868 e. The predicted molar refractivity (Wildman–Crippen MR) is 80.0 cm³/mol. The third kappa shape index (κ3) is 14.9. The van der Waals surface area contributed by atoms with Crippen LogP contribution in [-0.4, -0.2) is 12.5 Å². The van der Waals surface area contributed by atoms with Crippen LogP contribution in [0.3, 0.4) is 0 Å². The minimum Gasteiger partial charge on any atom is -0.543 e. The van der Waals surface area contributed by atoms with Gasteiger partial charge in [-0.25, -0.2) is 0 Å². The van der Waals surface area contributed by atoms with Gasteiger partial charge in [0.25, 0.3) is 0 Å². The Bertz CT molecular complexity index is 230. The minimum atomic E-state index is -1.21. The maximum absolute atomic E-state index is 10.3. The van der Waals surface area contributed by atoms with Gasteiger partial charge in [-0.1, -0.05) is 71.3 Å². The molecule has 0 aromatic carbocycles. The highest BCUT2D eigenvalue weighted by molar-refractivity contribution is 5.82. The zero-order valence-corrected chi connectivity index (χ0v) is 12.8. The summed E-state index contributed by atoms with van der Waals surface area (Å²) in [5.74, 6) is -1.21. The van der Waals surface area contributed by atoms with Gasteiger partial charge in [-0.05, 0) is 6.42 Å². The maximum Gasteiger partial charge on any atom is 0.0868 e. The average Bonchev–Trinajstić information content (AvgIpc) is 2.35. The van der Waals surface area contributed by atoms with Gasteiger partial charge in [-0.15, -0.1) is 0 Å². The van der Waals surface area contributed by atoms with E-state index in [9.17, 15) is 9.90 Å². The Kier molecular flexibility index (Phi) is 16.1. The van der Waals surface area contributed by atoms with Crippen LogP contribution in [0.25, 0.3) is 0 Å². The number of carboxylic acids is 1. The van der Waals surface area contributed by atoms with Crippen molar-refractivity contribution in [3.63, 3.8) is 0 Å². The Hall–Kier alpha value is -1.03. The number of rotatable bonds is 13. The maximum atomic E-state index is 10.3. The number of carbonyl (C=O) groups excluding carboxylic acids is 1. The van der Waals surface area contributed by atoms with E-state index in [-0.39, 0.29) is 11.8 Å². The van der Waals surface area contributed by atoms with E-state index >= 15 is 0 Å². The lowest BCUT2D eigenvalue weighted by atomic mass is 10.1. The monoisotopic (exact) mass is 272 g/mol. The number of carbonyl (C=O) groups is 1. The summed E-state index contributed by atoms with van der Waals surface area (Å²) in [6.45, 7) is 6.29. The van der Waals surface area contributed by atoms with E-state index in [2.05, 4.69) is 18.8 Å². The lowest BCUT2D eigenvalue weighted by molar-refractivity contribution is -0.299. The predicted octanol–water partition coefficient (Wildman–Crippen LogP) is 3.14. The molecule has 4 nitrogen and oxygen atoms in total. The first-order chi connectivity index (χ1) is 8.68. The molecule has 0 aromatic heterocycles. The molecule has 0 radical (unpaired) electrons. The van der Waals surface area contributed by atoms with Crippen LogP contribution < -0.4 is 16.6 Å². The zero-order chi connectivity index (χ0) is 13.6. The molecule has 4 heteroatoms. The van der Waals surface area contributed by atoms with E-state index in [4.69, 9.17) is 0 Å². The Morgan fingerprint density at radius 1 is 0.947 bits per heavy atom. The van der Waals surface area contributed by atoms with Crippen molar-refractivity contribution in [2.75, 3.05) is 6.54 Å². The summed E-state index contributed by atoms with van der Waals surface area (Å²) in [6.07, 6.45) is 12.8. The highest BCUT2D eigenvalue weighted by Crippen LogP contribution is 2.10. The topological polar surface area (TPSA) is 88.7 Å². The highest BCUT2D eigenvalue weighted by Gasteiger charge is 1.94. The molecular formula is C15H32N2O2. The standard InChI is InChI=1S/C15H29NO2.H3N/c1-3-4-5-6-7-8-9-10-11-12-13-16-14(2)15(17)18;/h16H,2-13H2,1H3,(H,17,18);1H3. The molecule has 0 bridgehead atoms. The first kappa shape index (κ1) is 20.3. The average molecular weight is 272 g/mol. The Labute approximate surface area is 118 Å². The fourth-order valence-electron chi connectivity index (χ4n) is 1.92. The van der Waals surface area contributed by atoms with Crippen LogP contribution in [0.5, 0.6) is 0 Å². The van der Waals surface area contributed by atoms with Gasteiger partial charge < -0.3 is 21.4 Å². The molecule has 0 fully saturated rings. The van der Waals surface area contributed by atoms with Crippen LogP contribution in [0.2, 0.25) is 0 Å². The van der Waals surface area contributed by atoms with Crippen molar-refractivity contribution in [2.45, 2.75) is 71.1 Å². The van der Waals surface area contributed by atoms with E-state index in [1.54, 1.807) is 0 Å². The van der Waals surface area contributed by atoms with Crippen molar-refractivity contribution in [1.82, 2.24) is 11.5 Å². The number of unbranched alkanes of at least 4 members (excludes halogenated alkanes) is 9. The number of aliphatic carboxylic acids is 1. The molecule has 5 N–H and O–H groups in total. The molecule has 0 aromatic rings. The van der Waals surface area contributed by atoms with Crippen LogP contribution in [0, 0.1) is 0 Å². The first-order valence-corrected chi connectivity index (χ1v) is 7.32. The number of hydrogen-bond acceptors (Lipinski definition) is 3. The Morgan fingerprint density at radius 2 is 1.37 bits per heavy atom. The molecule has 19 heavy (non-hydrogen) atoms. The minimum absolute atomic E-state index is 0. The van der Waals surface area contributed by atoms with Crippen molar-refractivity contribution < 1.29 is 9.90 Å². The van der Waals surface area contributed by atoms with E-state index in [1.165, 1.54) is 51.4 Å². The molecule has 0 aliphatic rings. The summed E-state index contributed by atoms with van der Waals surface area (Å²) >= 11 is 0. The molecule has 0 saturated heterocycles. The molecule has 114 valence electrons. The van der Waals surface area contributed by atoms with E-state index in [0.717, 1.165) is 12.8 Å². The molecule has 0 saturated carbocycles. The fraction of sp³-hybridized carbons (Fsp3) is 0.800. The van der Waals surface area contributed by atoms with Crippen LogP contribution in [0.4, 0.5) is 0 Å². The van der Waals surface area contributed by atoms with Gasteiger partial charge in [0.1, 0.15) is 0 Å². The quantitative estimate of drug-likeness (QED) is 0.399. The van der Waals surface area contributed by atoms with Crippen molar-refractivity contribution in [3.05, 3.63) is 12.3 Å². The van der Waals surface area contributed by atoms with E-state index < -0.39 is 5.97 Å². The molecule has 0 aliphatic heterocycles. The van der Waals surface area contributed by atoms with Gasteiger partial charge in [0.15, 0.2) is 0 Å². The van der Waals surface area contributed by atoms with Gasteiger partial charge in [-0.2, -0.15) is 0 Å². The largest absolute Gasteiger partial charge is 0.543 e. The highest BCUT2D eigenvalue weighted by atomic mass is 16.4. The third-order valence-electron chi connectivity index (χ3n) is 3.12. The molecule has 0 spiro atoms. The Morgan fingerprint density at radius 3 is 1.79 bits per heavy atom.